The Labute approximate surface area is 209 Å². The number of hydrogen-bond donors (Lipinski definition) is 2. The van der Waals surface area contributed by atoms with Crippen molar-refractivity contribution in [3.8, 4) is 5.75 Å². The fourth-order valence-electron chi connectivity index (χ4n) is 4.32. The summed E-state index contributed by atoms with van der Waals surface area (Å²) in [6, 6.07) is 3.83. The first-order valence-corrected chi connectivity index (χ1v) is 12.0. The number of carbonyl (C=O) groups is 2. The van der Waals surface area contributed by atoms with E-state index in [1.54, 1.807) is 13.1 Å². The Hall–Kier alpha value is -3.47. The Bertz CT molecular complexity index is 1170. The van der Waals surface area contributed by atoms with Crippen molar-refractivity contribution in [3.05, 3.63) is 51.5 Å². The fraction of sp³-hybridized carbons (Fsp3) is 0.520. The molecule has 1 unspecified atom stereocenters. The molecular weight excluding hydrogens is 469 g/mol. The van der Waals surface area contributed by atoms with E-state index in [1.807, 2.05) is 18.9 Å². The monoisotopic (exact) mass is 503 g/mol. The lowest BCUT2D eigenvalue weighted by atomic mass is 10.1. The molecule has 0 radical (unpaired) electrons. The van der Waals surface area contributed by atoms with Crippen LogP contribution in [0.5, 0.6) is 5.75 Å². The number of rotatable bonds is 4. The van der Waals surface area contributed by atoms with E-state index in [1.165, 1.54) is 28.7 Å². The Balaban J connectivity index is 2.09. The zero-order valence-corrected chi connectivity index (χ0v) is 21.2. The van der Waals surface area contributed by atoms with Crippen molar-refractivity contribution < 1.29 is 23.8 Å². The predicted molar refractivity (Wildman–Crippen MR) is 133 cm³/mol. The number of aromatic hydroxyl groups is 1. The van der Waals surface area contributed by atoms with Gasteiger partial charge in [0.2, 0.25) is 11.7 Å². The van der Waals surface area contributed by atoms with Gasteiger partial charge in [0.25, 0.3) is 11.5 Å². The maximum absolute atomic E-state index is 14.0. The van der Waals surface area contributed by atoms with Gasteiger partial charge in [0.05, 0.1) is 19.2 Å². The van der Waals surface area contributed by atoms with E-state index in [4.69, 9.17) is 4.74 Å². The van der Waals surface area contributed by atoms with E-state index in [0.29, 0.717) is 37.1 Å². The number of carbonyl (C=O) groups excluding carboxylic acids is 2. The van der Waals surface area contributed by atoms with Crippen molar-refractivity contribution in [1.82, 2.24) is 19.8 Å². The Kier molecular flexibility index (Phi) is 9.03. The molecule has 0 fully saturated rings. The van der Waals surface area contributed by atoms with Crippen molar-refractivity contribution >= 4 is 17.5 Å². The smallest absolute Gasteiger partial charge is 0.296 e. The van der Waals surface area contributed by atoms with Crippen LogP contribution in [0.2, 0.25) is 0 Å². The minimum Gasteiger partial charge on any atom is -0.501 e. The lowest BCUT2D eigenvalue weighted by Crippen LogP contribution is -2.37. The van der Waals surface area contributed by atoms with Gasteiger partial charge in [-0.25, -0.2) is 9.37 Å². The summed E-state index contributed by atoms with van der Waals surface area (Å²) in [6.07, 6.45) is 2.12. The summed E-state index contributed by atoms with van der Waals surface area (Å²) >= 11 is 0. The molecule has 0 spiro atoms. The van der Waals surface area contributed by atoms with Gasteiger partial charge >= 0.3 is 0 Å². The molecule has 36 heavy (non-hydrogen) atoms. The van der Waals surface area contributed by atoms with Crippen LogP contribution in [0, 0.1) is 5.82 Å². The van der Waals surface area contributed by atoms with Crippen LogP contribution < -0.4 is 15.8 Å². The Morgan fingerprint density at radius 1 is 1.19 bits per heavy atom. The van der Waals surface area contributed by atoms with Crippen LogP contribution >= 0.6 is 0 Å². The highest BCUT2D eigenvalue weighted by atomic mass is 19.1. The molecule has 11 heteroatoms. The lowest BCUT2D eigenvalue weighted by molar-refractivity contribution is -0.130. The fourth-order valence-corrected chi connectivity index (χ4v) is 4.32. The molecule has 1 atom stereocenters. The number of halogens is 1. The third kappa shape index (κ3) is 6.01. The van der Waals surface area contributed by atoms with E-state index >= 15 is 0 Å². The molecule has 0 aliphatic carbocycles. The average molecular weight is 504 g/mol. The highest BCUT2D eigenvalue weighted by molar-refractivity contribution is 5.94. The molecule has 2 bridgehead atoms. The van der Waals surface area contributed by atoms with Crippen molar-refractivity contribution in [2.24, 2.45) is 0 Å². The minimum atomic E-state index is -0.780. The second-order valence-corrected chi connectivity index (χ2v) is 9.00. The summed E-state index contributed by atoms with van der Waals surface area (Å²) < 4.78 is 20.5. The van der Waals surface area contributed by atoms with Gasteiger partial charge in [-0.2, -0.15) is 0 Å². The topological polar surface area (TPSA) is 117 Å². The van der Waals surface area contributed by atoms with Crippen LogP contribution in [0.15, 0.2) is 23.0 Å². The molecule has 1 aromatic heterocycles. The van der Waals surface area contributed by atoms with Gasteiger partial charge in [-0.3, -0.25) is 19.0 Å². The number of amides is 2. The van der Waals surface area contributed by atoms with E-state index < -0.39 is 34.8 Å². The number of nitrogens with zero attached hydrogens (tertiary/aromatic N) is 4. The first-order chi connectivity index (χ1) is 17.2. The molecule has 0 saturated heterocycles. The van der Waals surface area contributed by atoms with Crippen LogP contribution in [0.4, 0.5) is 10.1 Å². The Morgan fingerprint density at radius 2 is 1.94 bits per heavy atom. The molecule has 1 aliphatic heterocycles. The molecule has 2 amide bonds. The van der Waals surface area contributed by atoms with Crippen molar-refractivity contribution in [1.29, 1.82) is 0 Å². The summed E-state index contributed by atoms with van der Waals surface area (Å²) in [7, 11) is 4.93. The minimum absolute atomic E-state index is 0.0170. The molecule has 0 saturated carbocycles. The third-order valence-corrected chi connectivity index (χ3v) is 6.41. The van der Waals surface area contributed by atoms with Crippen LogP contribution in [-0.2, 0) is 22.6 Å². The van der Waals surface area contributed by atoms with E-state index in [0.717, 1.165) is 0 Å². The van der Waals surface area contributed by atoms with Crippen LogP contribution in [-0.4, -0.2) is 65.7 Å². The number of methoxy groups -OCH3 is 1. The molecule has 2 N–H and O–H groups in total. The summed E-state index contributed by atoms with van der Waals surface area (Å²) in [5, 5.41) is 13.3. The van der Waals surface area contributed by atoms with Crippen LogP contribution in [0.1, 0.15) is 60.5 Å². The van der Waals surface area contributed by atoms with Gasteiger partial charge in [0.1, 0.15) is 11.6 Å². The molecular formula is C25H34FN5O5. The van der Waals surface area contributed by atoms with Crippen LogP contribution in [0.25, 0.3) is 0 Å². The van der Waals surface area contributed by atoms with Gasteiger partial charge in [0, 0.05) is 46.4 Å². The lowest BCUT2D eigenvalue weighted by Gasteiger charge is -2.26. The summed E-state index contributed by atoms with van der Waals surface area (Å²) in [6.45, 7) is 2.67. The summed E-state index contributed by atoms with van der Waals surface area (Å²) in [5.41, 5.74) is 0.0560. The molecule has 3 rings (SSSR count). The molecule has 1 aliphatic rings. The highest BCUT2D eigenvalue weighted by Crippen LogP contribution is 2.23. The van der Waals surface area contributed by atoms with Gasteiger partial charge < -0.3 is 25.0 Å². The normalized spacial score (nSPS) is 16.5. The standard InChI is InChI=1S/C25H34FN5O5/c1-5-18(15-36-4)31-20-14-30(3)21(32)8-6-7-11-29(2)19-12-17(26)10-9-16(19)13-27-24(34)22(28-20)23(33)25(31)35/h9-10,12,18,33H,5-8,11,13-15H2,1-4H3,(H,27,34). The maximum atomic E-state index is 14.0. The van der Waals surface area contributed by atoms with Gasteiger partial charge in [-0.15, -0.1) is 0 Å². The second-order valence-electron chi connectivity index (χ2n) is 9.00. The number of anilines is 1. The highest BCUT2D eigenvalue weighted by Gasteiger charge is 2.26. The second kappa shape index (κ2) is 12.0. The number of hydrogen-bond acceptors (Lipinski definition) is 7. The molecule has 1 aromatic carbocycles. The number of ether oxygens (including phenoxy) is 1. The largest absolute Gasteiger partial charge is 0.501 e. The Morgan fingerprint density at radius 3 is 2.64 bits per heavy atom. The summed E-state index contributed by atoms with van der Waals surface area (Å²) in [5.74, 6) is -1.91. The quantitative estimate of drug-likeness (QED) is 0.657. The van der Waals surface area contributed by atoms with Crippen molar-refractivity contribution in [2.75, 3.05) is 39.3 Å². The SMILES string of the molecule is CCC(COC)n1c2nc(c(O)c1=O)C(=O)NCc1ccc(F)cc1N(C)CCCCC(=O)N(C)C2. The zero-order chi connectivity index (χ0) is 26.4. The number of aromatic nitrogens is 2. The predicted octanol–water partition coefficient (Wildman–Crippen LogP) is 2.19. The van der Waals surface area contributed by atoms with Crippen molar-refractivity contribution in [2.45, 2.75) is 51.7 Å². The first kappa shape index (κ1) is 27.1. The molecule has 10 nitrogen and oxygen atoms in total. The third-order valence-electron chi connectivity index (χ3n) is 6.41. The zero-order valence-electron chi connectivity index (χ0n) is 21.2. The average Bonchev–Trinajstić information content (AvgIpc) is 2.85. The van der Waals surface area contributed by atoms with E-state index in [-0.39, 0.29) is 37.8 Å². The van der Waals surface area contributed by atoms with Crippen molar-refractivity contribution in [3.63, 3.8) is 0 Å². The molecule has 2 aromatic rings. The van der Waals surface area contributed by atoms with Crippen LogP contribution in [0.3, 0.4) is 0 Å². The number of nitrogens with one attached hydrogen (secondary N) is 1. The van der Waals surface area contributed by atoms with E-state index in [2.05, 4.69) is 10.3 Å². The van der Waals surface area contributed by atoms with Gasteiger partial charge in [-0.05, 0) is 37.0 Å². The molecule has 196 valence electrons. The summed E-state index contributed by atoms with van der Waals surface area (Å²) in [4.78, 5) is 46.8. The number of fused-ring (bicyclic) bond motifs is 3. The number of benzene rings is 1. The molecule has 2 heterocycles. The van der Waals surface area contributed by atoms with E-state index in [9.17, 15) is 23.9 Å². The van der Waals surface area contributed by atoms with Gasteiger partial charge in [0.15, 0.2) is 5.69 Å². The first-order valence-electron chi connectivity index (χ1n) is 12.0. The van der Waals surface area contributed by atoms with Gasteiger partial charge in [-0.1, -0.05) is 13.0 Å². The maximum Gasteiger partial charge on any atom is 0.296 e.